The van der Waals surface area contributed by atoms with Gasteiger partial charge in [-0.05, 0) is 190 Å². The SMILES string of the molecule is CC[C@H](C)[C@H](NC(=O)[C@H](CCCCN)NC(=O)[C@H](CCCCN)NC(=O)[C@H](Cc1ccccc1)NC(=O)[C@H](CC(C)C)NC(=O)[C@H](CCCCN)NC(=O)[C@@H](N)CCCCN)C(=O)N[C@@H](CC(C)C)C(=O)N[C@@H](CCCCN)C(=O)N[C@H](C(=O)N[C@@H](CCCCN)C(N)=O)C(C)C. The molecule has 0 aromatic heterocycles. The highest BCUT2D eigenvalue weighted by Crippen LogP contribution is 2.17. The Morgan fingerprint density at radius 2 is 0.629 bits per heavy atom. The van der Waals surface area contributed by atoms with Gasteiger partial charge in [0.15, 0.2) is 0 Å². The van der Waals surface area contributed by atoms with E-state index in [1.807, 2.05) is 34.6 Å². The second-order valence-electron chi connectivity index (χ2n) is 26.8. The van der Waals surface area contributed by atoms with E-state index in [2.05, 4.69) is 53.2 Å². The molecule has 554 valence electrons. The standard InChI is InChI=1S/C68H126N18O11/c1-9-45(8)57(68(97)84-54(40-43(4)5)64(93)81-51(31-17-23-37-73)62(91)85-56(44(6)7)67(96)77-48(58(76)87)28-14-20-34-70)86-63(92)52(32-18-24-38-74)79-60(89)50(30-16-22-36-72)80-66(95)55(41-46-25-11-10-12-26-46)83-65(94)53(39-42(2)3)82-61(90)49(29-15-21-35-71)78-59(88)47(75)27-13-19-33-69/h10-12,25-26,42-45,47-57H,9,13-24,27-41,69-75H2,1-8H3,(H2,76,87)(H,77,96)(H,78,88)(H,79,89)(H,80,95)(H,81,93)(H,82,90)(H,83,94)(H,84,97)(H,85,91)(H,86,92)/t45-,47-,48-,49-,50-,51-,52-,53-,54-,55-,56-,57-/m0/s1. The minimum Gasteiger partial charge on any atom is -0.368 e. The summed E-state index contributed by atoms with van der Waals surface area (Å²) >= 11 is 0. The van der Waals surface area contributed by atoms with Crippen LogP contribution < -0.4 is 99.0 Å². The van der Waals surface area contributed by atoms with Crippen LogP contribution >= 0.6 is 0 Å². The molecule has 1 aromatic carbocycles. The number of carbonyl (C=O) groups excluding carboxylic acids is 11. The van der Waals surface area contributed by atoms with Crippen molar-refractivity contribution in [1.29, 1.82) is 0 Å². The first-order valence-electron chi connectivity index (χ1n) is 35.5. The molecule has 26 N–H and O–H groups in total. The molecule has 1 rings (SSSR count). The number of nitrogens with two attached hydrogens (primary N) is 8. The van der Waals surface area contributed by atoms with E-state index in [0.717, 1.165) is 0 Å². The summed E-state index contributed by atoms with van der Waals surface area (Å²) < 4.78 is 0. The maximum Gasteiger partial charge on any atom is 0.243 e. The highest BCUT2D eigenvalue weighted by atomic mass is 16.2. The van der Waals surface area contributed by atoms with E-state index in [-0.39, 0.29) is 76.3 Å². The zero-order valence-corrected chi connectivity index (χ0v) is 59.5. The summed E-state index contributed by atoms with van der Waals surface area (Å²) in [4.78, 5) is 156. The zero-order chi connectivity index (χ0) is 73.0. The van der Waals surface area contributed by atoms with Crippen LogP contribution in [0.25, 0.3) is 0 Å². The molecule has 0 fully saturated rings. The van der Waals surface area contributed by atoms with Crippen LogP contribution in [0.5, 0.6) is 0 Å². The maximum absolute atomic E-state index is 14.8. The van der Waals surface area contributed by atoms with Gasteiger partial charge in [-0.3, -0.25) is 52.7 Å². The van der Waals surface area contributed by atoms with Crippen molar-refractivity contribution in [2.75, 3.05) is 39.3 Å². The minimum atomic E-state index is -1.31. The van der Waals surface area contributed by atoms with Crippen LogP contribution in [0.2, 0.25) is 0 Å². The van der Waals surface area contributed by atoms with Crippen LogP contribution in [0.4, 0.5) is 0 Å². The maximum atomic E-state index is 14.8. The first-order chi connectivity index (χ1) is 46.1. The van der Waals surface area contributed by atoms with Gasteiger partial charge >= 0.3 is 0 Å². The summed E-state index contributed by atoms with van der Waals surface area (Å²) in [5, 5.41) is 28.0. The molecule has 0 unspecified atom stereocenters. The average molecular weight is 1370 g/mol. The van der Waals surface area contributed by atoms with Gasteiger partial charge in [-0.15, -0.1) is 0 Å². The van der Waals surface area contributed by atoms with Crippen molar-refractivity contribution in [3.8, 4) is 0 Å². The molecule has 97 heavy (non-hydrogen) atoms. The molecular formula is C68H126N18O11. The fraction of sp³-hybridized carbons (Fsp3) is 0.750. The van der Waals surface area contributed by atoms with E-state index in [9.17, 15) is 52.7 Å². The normalized spacial score (nSPS) is 15.2. The molecule has 0 heterocycles. The van der Waals surface area contributed by atoms with Gasteiger partial charge in [0.25, 0.3) is 0 Å². The molecule has 0 radical (unpaired) electrons. The van der Waals surface area contributed by atoms with Crippen molar-refractivity contribution in [3.05, 3.63) is 35.9 Å². The molecule has 1 aromatic rings. The quantitative estimate of drug-likeness (QED) is 0.0364. The van der Waals surface area contributed by atoms with Crippen LogP contribution in [-0.4, -0.2) is 171 Å². The van der Waals surface area contributed by atoms with Crippen LogP contribution in [0, 0.1) is 23.7 Å². The van der Waals surface area contributed by atoms with Crippen LogP contribution in [-0.2, 0) is 59.2 Å². The molecule has 11 amide bonds. The monoisotopic (exact) mass is 1370 g/mol. The third-order valence-corrected chi connectivity index (χ3v) is 16.9. The van der Waals surface area contributed by atoms with Crippen molar-refractivity contribution in [2.24, 2.45) is 69.5 Å². The number of unbranched alkanes of at least 4 members (excludes halogenated alkanes) is 6. The molecule has 0 aliphatic heterocycles. The Labute approximate surface area is 576 Å². The Kier molecular flexibility index (Phi) is 45.8. The van der Waals surface area contributed by atoms with Crippen molar-refractivity contribution >= 4 is 65.0 Å². The molecular weight excluding hydrogens is 1240 g/mol. The van der Waals surface area contributed by atoms with Gasteiger partial charge in [-0.2, -0.15) is 0 Å². The lowest BCUT2D eigenvalue weighted by Crippen LogP contribution is -2.61. The predicted octanol–water partition coefficient (Wildman–Crippen LogP) is -0.542. The molecule has 0 spiro atoms. The number of hydrogen-bond acceptors (Lipinski definition) is 18. The van der Waals surface area contributed by atoms with Gasteiger partial charge in [-0.1, -0.05) is 98.6 Å². The first-order valence-corrected chi connectivity index (χ1v) is 35.5. The van der Waals surface area contributed by atoms with Crippen molar-refractivity contribution < 1.29 is 52.7 Å². The summed E-state index contributed by atoms with van der Waals surface area (Å²) in [7, 11) is 0. The lowest BCUT2D eigenvalue weighted by molar-refractivity contribution is -0.137. The van der Waals surface area contributed by atoms with Crippen LogP contribution in [0.3, 0.4) is 0 Å². The van der Waals surface area contributed by atoms with E-state index >= 15 is 0 Å². The van der Waals surface area contributed by atoms with Crippen molar-refractivity contribution in [2.45, 2.75) is 263 Å². The van der Waals surface area contributed by atoms with Gasteiger partial charge in [0.1, 0.15) is 60.4 Å². The summed E-state index contributed by atoms with van der Waals surface area (Å²) in [6.45, 7) is 16.4. The largest absolute Gasteiger partial charge is 0.368 e. The zero-order valence-electron chi connectivity index (χ0n) is 59.5. The van der Waals surface area contributed by atoms with Crippen LogP contribution in [0.15, 0.2) is 30.3 Å². The smallest absolute Gasteiger partial charge is 0.243 e. The molecule has 0 bridgehead atoms. The summed E-state index contributed by atoms with van der Waals surface area (Å²) in [5.41, 5.74) is 47.2. The number of carbonyl (C=O) groups is 11. The van der Waals surface area contributed by atoms with E-state index in [1.165, 1.54) is 0 Å². The topological polar surface area (TPSA) is 516 Å². The van der Waals surface area contributed by atoms with Gasteiger partial charge in [0, 0.05) is 6.42 Å². The van der Waals surface area contributed by atoms with Gasteiger partial charge in [-0.25, -0.2) is 0 Å². The molecule has 29 heteroatoms. The fourth-order valence-corrected chi connectivity index (χ4v) is 10.8. The highest BCUT2D eigenvalue weighted by Gasteiger charge is 2.38. The minimum absolute atomic E-state index is 0.0397. The van der Waals surface area contributed by atoms with E-state index < -0.39 is 143 Å². The highest BCUT2D eigenvalue weighted by molar-refractivity contribution is 5.99. The van der Waals surface area contributed by atoms with Gasteiger partial charge in [0.05, 0.1) is 6.04 Å². The molecule has 0 saturated carbocycles. The Morgan fingerprint density at radius 3 is 0.990 bits per heavy atom. The fourth-order valence-electron chi connectivity index (χ4n) is 10.8. The average Bonchev–Trinajstić information content (AvgIpc) is 1.55. The molecule has 0 aliphatic carbocycles. The number of rotatable bonds is 54. The Bertz CT molecular complexity index is 2510. The number of nitrogens with one attached hydrogen (secondary N) is 10. The summed E-state index contributed by atoms with van der Waals surface area (Å²) in [6.07, 6.45) is 7.69. The number of hydrogen-bond donors (Lipinski definition) is 18. The Morgan fingerprint density at radius 1 is 0.340 bits per heavy atom. The number of benzene rings is 1. The number of primary amides is 1. The Hall–Kier alpha value is -6.89. The molecule has 0 aliphatic rings. The van der Waals surface area contributed by atoms with E-state index in [1.54, 1.807) is 51.1 Å². The van der Waals surface area contributed by atoms with E-state index in [0.29, 0.717) is 122 Å². The van der Waals surface area contributed by atoms with Gasteiger partial charge in [0.2, 0.25) is 65.0 Å². The van der Waals surface area contributed by atoms with Crippen molar-refractivity contribution in [3.63, 3.8) is 0 Å². The second-order valence-corrected chi connectivity index (χ2v) is 26.8. The van der Waals surface area contributed by atoms with Crippen molar-refractivity contribution in [1.82, 2.24) is 53.2 Å². The summed E-state index contributed by atoms with van der Waals surface area (Å²) in [5.74, 6) is -8.89. The molecule has 12 atom stereocenters. The molecule has 0 saturated heterocycles. The van der Waals surface area contributed by atoms with Gasteiger partial charge < -0.3 is 99.0 Å². The predicted molar refractivity (Wildman–Crippen MR) is 377 cm³/mol. The van der Waals surface area contributed by atoms with E-state index in [4.69, 9.17) is 45.9 Å². The third-order valence-electron chi connectivity index (χ3n) is 16.9. The molecule has 29 nitrogen and oxygen atoms in total. The lowest BCUT2D eigenvalue weighted by Gasteiger charge is -2.30. The lowest BCUT2D eigenvalue weighted by atomic mass is 9.95. The van der Waals surface area contributed by atoms with Crippen LogP contribution in [0.1, 0.15) is 196 Å². The third kappa shape index (κ3) is 36.0. The number of amides is 11. The summed E-state index contributed by atoms with van der Waals surface area (Å²) in [6, 6.07) is -3.97. The first kappa shape index (κ1) is 88.1. The Balaban J connectivity index is 3.71. The second kappa shape index (κ2) is 50.4.